The Morgan fingerprint density at radius 1 is 1.33 bits per heavy atom. The fraction of sp³-hybridized carbons (Fsp3) is 0.357. The second kappa shape index (κ2) is 6.50. The third-order valence-electron chi connectivity index (χ3n) is 2.92. The number of amides is 1. The zero-order valence-corrected chi connectivity index (χ0v) is 13.4. The molecule has 1 heterocycles. The molecule has 1 N–H and O–H groups in total. The van der Waals surface area contributed by atoms with Crippen LogP contribution in [0, 0.1) is 11.6 Å². The minimum absolute atomic E-state index is 0.0558. The highest BCUT2D eigenvalue weighted by molar-refractivity contribution is 8.27. The molecule has 0 spiro atoms. The quantitative estimate of drug-likeness (QED) is 0.609. The lowest BCUT2D eigenvalue weighted by Crippen LogP contribution is -2.35. The van der Waals surface area contributed by atoms with Crippen molar-refractivity contribution in [3.63, 3.8) is 0 Å². The van der Waals surface area contributed by atoms with E-state index in [0.717, 1.165) is 23.6 Å². The fourth-order valence-corrected chi connectivity index (χ4v) is 3.49. The summed E-state index contributed by atoms with van der Waals surface area (Å²) in [5.74, 6) is -4.16. The lowest BCUT2D eigenvalue weighted by molar-refractivity contribution is -0.171. The van der Waals surface area contributed by atoms with E-state index in [0.29, 0.717) is 0 Å². The Kier molecular flexibility index (Phi) is 4.97. The largest absolute Gasteiger partial charge is 0.472 e. The average Bonchev–Trinajstić information content (AvgIpc) is 2.80. The van der Waals surface area contributed by atoms with Gasteiger partial charge in [-0.3, -0.25) is 9.52 Å². The number of carbonyl (C=O) groups excluding carboxylic acids is 1. The summed E-state index contributed by atoms with van der Waals surface area (Å²) in [6.07, 6.45) is -5.04. The monoisotopic (exact) mass is 368 g/mol. The summed E-state index contributed by atoms with van der Waals surface area (Å²) in [6.45, 7) is 3.28. The number of hydrogen-bond donors (Lipinski definition) is 1. The Morgan fingerprint density at radius 2 is 1.92 bits per heavy atom. The van der Waals surface area contributed by atoms with Crippen molar-refractivity contribution in [3.8, 4) is 0 Å². The van der Waals surface area contributed by atoms with Crippen LogP contribution in [0.2, 0.25) is 0 Å². The number of oxime groups is 1. The van der Waals surface area contributed by atoms with Crippen molar-refractivity contribution in [2.45, 2.75) is 32.0 Å². The molecule has 1 aromatic rings. The maximum atomic E-state index is 13.7. The number of nitrogens with zero attached hydrogens (tertiary/aromatic N) is 1. The first-order valence-corrected chi connectivity index (χ1v) is 7.93. The van der Waals surface area contributed by atoms with Crippen molar-refractivity contribution in [2.24, 2.45) is 5.16 Å². The van der Waals surface area contributed by atoms with Gasteiger partial charge in [0.25, 0.3) is 0 Å². The summed E-state index contributed by atoms with van der Waals surface area (Å²) in [5.41, 5.74) is -1.33. The summed E-state index contributed by atoms with van der Waals surface area (Å²) in [5, 5.41) is 4.58. The van der Waals surface area contributed by atoms with Crippen molar-refractivity contribution in [3.05, 3.63) is 35.4 Å². The first kappa shape index (κ1) is 18.4. The zero-order valence-electron chi connectivity index (χ0n) is 12.6. The molecule has 1 aliphatic heterocycles. The molecule has 2 rings (SSSR count). The lowest BCUT2D eigenvalue weighted by atomic mass is 10.1. The summed E-state index contributed by atoms with van der Waals surface area (Å²) >= 11 is 0. The highest BCUT2D eigenvalue weighted by Crippen LogP contribution is 2.31. The molecule has 0 fully saturated rings. The Hall–Kier alpha value is -1.97. The van der Waals surface area contributed by atoms with Crippen LogP contribution >= 0.6 is 10.7 Å². The van der Waals surface area contributed by atoms with Gasteiger partial charge < -0.3 is 4.84 Å². The number of rotatable bonds is 1. The average molecular weight is 368 g/mol. The van der Waals surface area contributed by atoms with Gasteiger partial charge in [0.1, 0.15) is 22.3 Å². The molecular formula is C14H13F5N2O2S. The second-order valence-corrected chi connectivity index (χ2v) is 7.12. The highest BCUT2D eigenvalue weighted by atomic mass is 32.2. The molecule has 0 aliphatic carbocycles. The van der Waals surface area contributed by atoms with Crippen molar-refractivity contribution < 1.29 is 31.6 Å². The summed E-state index contributed by atoms with van der Waals surface area (Å²) in [4.78, 5) is 16.3. The highest BCUT2D eigenvalue weighted by Gasteiger charge is 2.40. The Morgan fingerprint density at radius 3 is 2.38 bits per heavy atom. The van der Waals surface area contributed by atoms with Gasteiger partial charge in [-0.1, -0.05) is 11.2 Å². The number of halogens is 5. The van der Waals surface area contributed by atoms with Crippen LogP contribution in [0.25, 0.3) is 0 Å². The zero-order chi connectivity index (χ0) is 18.1. The van der Waals surface area contributed by atoms with Gasteiger partial charge in [0.15, 0.2) is 0 Å². The molecule has 0 radical (unpaired) electrons. The van der Waals surface area contributed by atoms with Crippen molar-refractivity contribution in [1.29, 1.82) is 0 Å². The van der Waals surface area contributed by atoms with Gasteiger partial charge in [0.05, 0.1) is 5.56 Å². The van der Waals surface area contributed by atoms with E-state index in [1.54, 1.807) is 18.6 Å². The smallest absolute Gasteiger partial charge is 0.389 e. The van der Waals surface area contributed by atoms with Crippen LogP contribution < -0.4 is 4.72 Å². The van der Waals surface area contributed by atoms with E-state index in [4.69, 9.17) is 4.84 Å². The lowest BCUT2D eigenvalue weighted by Gasteiger charge is -2.15. The molecule has 1 amide bonds. The number of carbonyl (C=O) groups is 1. The van der Waals surface area contributed by atoms with Crippen LogP contribution in [0.15, 0.2) is 23.4 Å². The first-order chi connectivity index (χ1) is 11.0. The SMILES string of the molecule is CC1(C)CC(S(=Cc2c(F)cccc2F)NC(=O)C(F)(F)F)=NO1. The van der Waals surface area contributed by atoms with E-state index >= 15 is 0 Å². The van der Waals surface area contributed by atoms with Crippen LogP contribution in [-0.4, -0.2) is 28.1 Å². The Labute approximate surface area is 136 Å². The third-order valence-corrected chi connectivity index (χ3v) is 4.52. The maximum Gasteiger partial charge on any atom is 0.472 e. The molecule has 0 bridgehead atoms. The minimum Gasteiger partial charge on any atom is -0.389 e. The molecule has 24 heavy (non-hydrogen) atoms. The van der Waals surface area contributed by atoms with Gasteiger partial charge in [-0.15, -0.1) is 0 Å². The molecule has 0 aromatic heterocycles. The van der Waals surface area contributed by atoms with E-state index < -0.39 is 45.6 Å². The van der Waals surface area contributed by atoms with E-state index in [9.17, 15) is 26.7 Å². The molecule has 0 saturated heterocycles. The van der Waals surface area contributed by atoms with Crippen LogP contribution in [0.4, 0.5) is 22.0 Å². The number of alkyl halides is 3. The molecule has 1 unspecified atom stereocenters. The predicted octanol–water partition coefficient (Wildman–Crippen LogP) is 3.49. The van der Waals surface area contributed by atoms with E-state index in [-0.39, 0.29) is 11.5 Å². The topological polar surface area (TPSA) is 50.7 Å². The molecule has 1 atom stereocenters. The number of benzene rings is 1. The van der Waals surface area contributed by atoms with E-state index in [1.807, 2.05) is 0 Å². The van der Waals surface area contributed by atoms with Crippen molar-refractivity contribution in [1.82, 2.24) is 4.72 Å². The van der Waals surface area contributed by atoms with Gasteiger partial charge in [0.2, 0.25) is 0 Å². The number of hydrogen-bond acceptors (Lipinski definition) is 3. The molecular weight excluding hydrogens is 355 g/mol. The molecule has 1 aliphatic rings. The molecule has 132 valence electrons. The molecule has 0 saturated carbocycles. The molecule has 4 nitrogen and oxygen atoms in total. The van der Waals surface area contributed by atoms with Gasteiger partial charge in [-0.2, -0.15) is 13.2 Å². The third kappa shape index (κ3) is 4.31. The van der Waals surface area contributed by atoms with Gasteiger partial charge in [-0.05, 0) is 42.0 Å². The molecule has 10 heteroatoms. The number of nitrogens with one attached hydrogen (secondary N) is 1. The predicted molar refractivity (Wildman–Crippen MR) is 80.5 cm³/mol. The van der Waals surface area contributed by atoms with Crippen LogP contribution in [0.1, 0.15) is 25.8 Å². The van der Waals surface area contributed by atoms with Gasteiger partial charge in [0, 0.05) is 6.42 Å². The first-order valence-electron chi connectivity index (χ1n) is 6.64. The molecule has 1 aromatic carbocycles. The Bertz CT molecular complexity index is 708. The summed E-state index contributed by atoms with van der Waals surface area (Å²) in [7, 11) is -1.79. The standard InChI is InChI=1S/C14H13F5N2O2S/c1-13(2)6-11(20-23-13)24(21-12(22)14(17,18)19)7-8-9(15)4-3-5-10(8)16/h3-5,7H,6H2,1-2H3,(H,21,22). The normalized spacial score (nSPS) is 18.0. The second-order valence-electron chi connectivity index (χ2n) is 5.53. The summed E-state index contributed by atoms with van der Waals surface area (Å²) in [6, 6.07) is 3.03. The van der Waals surface area contributed by atoms with E-state index in [1.165, 1.54) is 0 Å². The van der Waals surface area contributed by atoms with Crippen molar-refractivity contribution in [2.75, 3.05) is 0 Å². The van der Waals surface area contributed by atoms with Gasteiger partial charge in [-0.25, -0.2) is 8.78 Å². The minimum atomic E-state index is -5.14. The van der Waals surface area contributed by atoms with Gasteiger partial charge >= 0.3 is 12.1 Å². The van der Waals surface area contributed by atoms with Crippen LogP contribution in [-0.2, 0) is 9.63 Å². The van der Waals surface area contributed by atoms with Crippen molar-refractivity contribution >= 4 is 27.0 Å². The van der Waals surface area contributed by atoms with Crippen LogP contribution in [0.5, 0.6) is 0 Å². The van der Waals surface area contributed by atoms with Crippen LogP contribution in [0.3, 0.4) is 0 Å². The summed E-state index contributed by atoms with van der Waals surface area (Å²) < 4.78 is 66.7. The fourth-order valence-electron chi connectivity index (χ4n) is 1.78. The van der Waals surface area contributed by atoms with E-state index in [2.05, 4.69) is 5.16 Å². The Balaban J connectivity index is 2.44. The maximum absolute atomic E-state index is 13.7.